The van der Waals surface area contributed by atoms with Crippen LogP contribution in [0, 0.1) is 6.92 Å². The highest BCUT2D eigenvalue weighted by Crippen LogP contribution is 2.39. The van der Waals surface area contributed by atoms with E-state index in [9.17, 15) is 4.79 Å². The van der Waals surface area contributed by atoms with E-state index < -0.39 is 0 Å². The first-order valence-corrected chi connectivity index (χ1v) is 6.40. The molecule has 0 heterocycles. The minimum absolute atomic E-state index is 0.0166. The van der Waals surface area contributed by atoms with Crippen molar-refractivity contribution in [3.63, 3.8) is 0 Å². The predicted octanol–water partition coefficient (Wildman–Crippen LogP) is 3.88. The van der Waals surface area contributed by atoms with Gasteiger partial charge in [0.1, 0.15) is 11.5 Å². The maximum absolute atomic E-state index is 11.6. The number of aryl methyl sites for hydroxylation is 1. The molecule has 0 amide bonds. The van der Waals surface area contributed by atoms with Crippen LogP contribution in [0.3, 0.4) is 0 Å². The number of methoxy groups -OCH3 is 2. The van der Waals surface area contributed by atoms with E-state index in [1.54, 1.807) is 26.4 Å². The molecular formula is C17H18O3. The number of hydrogen-bond donors (Lipinski definition) is 0. The normalized spacial score (nSPS) is 10.2. The van der Waals surface area contributed by atoms with Crippen molar-refractivity contribution in [3.8, 4) is 22.6 Å². The van der Waals surface area contributed by atoms with Crippen LogP contribution in [0.25, 0.3) is 11.1 Å². The Balaban J connectivity index is 2.67. The van der Waals surface area contributed by atoms with Gasteiger partial charge in [0.05, 0.1) is 19.8 Å². The number of ether oxygens (including phenoxy) is 2. The number of benzene rings is 2. The SMILES string of the molecule is COc1cc(C(C)=O)cc(OC)c1-c1ccc(C)cc1. The molecular weight excluding hydrogens is 252 g/mol. The highest BCUT2D eigenvalue weighted by molar-refractivity contribution is 5.96. The largest absolute Gasteiger partial charge is 0.496 e. The molecule has 0 aromatic heterocycles. The summed E-state index contributed by atoms with van der Waals surface area (Å²) in [5, 5.41) is 0. The first-order valence-electron chi connectivity index (χ1n) is 6.40. The summed E-state index contributed by atoms with van der Waals surface area (Å²) in [6.45, 7) is 3.57. The van der Waals surface area contributed by atoms with E-state index in [0.29, 0.717) is 17.1 Å². The fourth-order valence-electron chi connectivity index (χ4n) is 2.12. The van der Waals surface area contributed by atoms with Crippen LogP contribution in [0.1, 0.15) is 22.8 Å². The summed E-state index contributed by atoms with van der Waals surface area (Å²) in [6, 6.07) is 11.6. The Morgan fingerprint density at radius 2 is 1.45 bits per heavy atom. The molecule has 3 heteroatoms. The zero-order valence-corrected chi connectivity index (χ0v) is 12.2. The predicted molar refractivity (Wildman–Crippen MR) is 79.7 cm³/mol. The molecule has 0 fully saturated rings. The third-order valence-corrected chi connectivity index (χ3v) is 3.25. The van der Waals surface area contributed by atoms with Crippen molar-refractivity contribution in [1.82, 2.24) is 0 Å². The Bertz CT molecular complexity index is 602. The molecule has 0 N–H and O–H groups in total. The standard InChI is InChI=1S/C17H18O3/c1-11-5-7-13(8-6-11)17-15(19-3)9-14(12(2)18)10-16(17)20-4/h5-10H,1-4H3. The van der Waals surface area contributed by atoms with Crippen LogP contribution in [-0.2, 0) is 0 Å². The first kappa shape index (κ1) is 14.1. The van der Waals surface area contributed by atoms with Gasteiger partial charge in [-0.05, 0) is 31.5 Å². The average molecular weight is 270 g/mol. The van der Waals surface area contributed by atoms with Crippen LogP contribution in [0.2, 0.25) is 0 Å². The lowest BCUT2D eigenvalue weighted by Crippen LogP contribution is -1.99. The zero-order valence-electron chi connectivity index (χ0n) is 12.2. The molecule has 3 nitrogen and oxygen atoms in total. The van der Waals surface area contributed by atoms with E-state index in [4.69, 9.17) is 9.47 Å². The highest BCUT2D eigenvalue weighted by atomic mass is 16.5. The third kappa shape index (κ3) is 2.67. The van der Waals surface area contributed by atoms with Gasteiger partial charge in [-0.1, -0.05) is 29.8 Å². The van der Waals surface area contributed by atoms with E-state index in [-0.39, 0.29) is 5.78 Å². The summed E-state index contributed by atoms with van der Waals surface area (Å²) in [7, 11) is 3.19. The summed E-state index contributed by atoms with van der Waals surface area (Å²) in [5.41, 5.74) is 3.63. The van der Waals surface area contributed by atoms with E-state index in [1.165, 1.54) is 12.5 Å². The second-order valence-corrected chi connectivity index (χ2v) is 4.68. The van der Waals surface area contributed by atoms with Crippen molar-refractivity contribution in [2.24, 2.45) is 0 Å². The summed E-state index contributed by atoms with van der Waals surface area (Å²) < 4.78 is 10.9. The molecule has 2 rings (SSSR count). The quantitative estimate of drug-likeness (QED) is 0.791. The monoisotopic (exact) mass is 270 g/mol. The summed E-state index contributed by atoms with van der Waals surface area (Å²) in [5.74, 6) is 1.26. The Hall–Kier alpha value is -2.29. The van der Waals surface area contributed by atoms with Gasteiger partial charge in [0.2, 0.25) is 0 Å². The van der Waals surface area contributed by atoms with Crippen molar-refractivity contribution in [1.29, 1.82) is 0 Å². The number of hydrogen-bond acceptors (Lipinski definition) is 3. The van der Waals surface area contributed by atoms with Crippen molar-refractivity contribution in [2.45, 2.75) is 13.8 Å². The molecule has 2 aromatic rings. The Morgan fingerprint density at radius 3 is 1.85 bits per heavy atom. The molecule has 0 radical (unpaired) electrons. The lowest BCUT2D eigenvalue weighted by molar-refractivity contribution is 0.101. The van der Waals surface area contributed by atoms with Crippen LogP contribution in [0.15, 0.2) is 36.4 Å². The van der Waals surface area contributed by atoms with Gasteiger partial charge in [-0.2, -0.15) is 0 Å². The minimum Gasteiger partial charge on any atom is -0.496 e. The fourth-order valence-corrected chi connectivity index (χ4v) is 2.12. The lowest BCUT2D eigenvalue weighted by atomic mass is 9.99. The molecule has 0 aliphatic heterocycles. The van der Waals surface area contributed by atoms with Gasteiger partial charge in [-0.25, -0.2) is 0 Å². The van der Waals surface area contributed by atoms with E-state index >= 15 is 0 Å². The molecule has 20 heavy (non-hydrogen) atoms. The van der Waals surface area contributed by atoms with Gasteiger partial charge >= 0.3 is 0 Å². The van der Waals surface area contributed by atoms with Crippen LogP contribution >= 0.6 is 0 Å². The average Bonchev–Trinajstić information content (AvgIpc) is 2.46. The Morgan fingerprint density at radius 1 is 0.950 bits per heavy atom. The van der Waals surface area contributed by atoms with E-state index in [2.05, 4.69) is 0 Å². The molecule has 0 aliphatic rings. The van der Waals surface area contributed by atoms with Gasteiger partial charge in [0, 0.05) is 5.56 Å². The van der Waals surface area contributed by atoms with Crippen LogP contribution in [0.5, 0.6) is 11.5 Å². The van der Waals surface area contributed by atoms with Gasteiger partial charge in [0.15, 0.2) is 5.78 Å². The van der Waals surface area contributed by atoms with Crippen LogP contribution in [-0.4, -0.2) is 20.0 Å². The van der Waals surface area contributed by atoms with Crippen LogP contribution in [0.4, 0.5) is 0 Å². The molecule has 0 spiro atoms. The zero-order chi connectivity index (χ0) is 14.7. The smallest absolute Gasteiger partial charge is 0.160 e. The van der Waals surface area contributed by atoms with Crippen molar-refractivity contribution in [3.05, 3.63) is 47.5 Å². The second kappa shape index (κ2) is 5.78. The first-order chi connectivity index (χ1) is 9.56. The van der Waals surface area contributed by atoms with Crippen LogP contribution < -0.4 is 9.47 Å². The number of ketones is 1. The molecule has 2 aromatic carbocycles. The summed E-state index contributed by atoms with van der Waals surface area (Å²) in [4.78, 5) is 11.6. The third-order valence-electron chi connectivity index (χ3n) is 3.25. The van der Waals surface area contributed by atoms with Gasteiger partial charge in [0.25, 0.3) is 0 Å². The number of rotatable bonds is 4. The summed E-state index contributed by atoms with van der Waals surface area (Å²) in [6.07, 6.45) is 0. The molecule has 0 unspecified atom stereocenters. The minimum atomic E-state index is -0.0166. The topological polar surface area (TPSA) is 35.5 Å². The Kier molecular flexibility index (Phi) is 4.08. The molecule has 104 valence electrons. The number of carbonyl (C=O) groups excluding carboxylic acids is 1. The van der Waals surface area contributed by atoms with Crippen molar-refractivity contribution < 1.29 is 14.3 Å². The lowest BCUT2D eigenvalue weighted by Gasteiger charge is -2.15. The van der Waals surface area contributed by atoms with Gasteiger partial charge < -0.3 is 9.47 Å². The maximum Gasteiger partial charge on any atom is 0.160 e. The maximum atomic E-state index is 11.6. The van der Waals surface area contributed by atoms with Gasteiger partial charge in [-0.15, -0.1) is 0 Å². The van der Waals surface area contributed by atoms with E-state index in [1.807, 2.05) is 31.2 Å². The highest BCUT2D eigenvalue weighted by Gasteiger charge is 2.16. The summed E-state index contributed by atoms with van der Waals surface area (Å²) >= 11 is 0. The fraction of sp³-hybridized carbons (Fsp3) is 0.235. The van der Waals surface area contributed by atoms with Gasteiger partial charge in [-0.3, -0.25) is 4.79 Å². The Labute approximate surface area is 119 Å². The molecule has 0 atom stereocenters. The number of carbonyl (C=O) groups is 1. The second-order valence-electron chi connectivity index (χ2n) is 4.68. The molecule has 0 saturated heterocycles. The van der Waals surface area contributed by atoms with E-state index in [0.717, 1.165) is 11.1 Å². The molecule has 0 saturated carbocycles. The molecule has 0 bridgehead atoms. The van der Waals surface area contributed by atoms with Crippen molar-refractivity contribution in [2.75, 3.05) is 14.2 Å². The van der Waals surface area contributed by atoms with Crippen molar-refractivity contribution >= 4 is 5.78 Å². The number of Topliss-reactive ketones (excluding diaryl/α,β-unsaturated/α-hetero) is 1. The molecule has 0 aliphatic carbocycles.